The minimum Gasteiger partial charge on any atom is -0.492 e. The van der Waals surface area contributed by atoms with Crippen molar-refractivity contribution < 1.29 is 9.47 Å². The molecule has 0 aliphatic rings. The molecule has 0 aliphatic heterocycles. The van der Waals surface area contributed by atoms with Gasteiger partial charge in [0, 0.05) is 12.2 Å². The first-order valence-corrected chi connectivity index (χ1v) is 8.06. The Balaban J connectivity index is 1.43. The summed E-state index contributed by atoms with van der Waals surface area (Å²) in [6.07, 6.45) is 0. The van der Waals surface area contributed by atoms with Crippen LogP contribution in [0, 0.1) is 6.92 Å². The van der Waals surface area contributed by atoms with Crippen molar-refractivity contribution in [2.45, 2.75) is 6.92 Å². The lowest BCUT2D eigenvalue weighted by molar-refractivity contribution is 0.333. The topological polar surface area (TPSA) is 30.5 Å². The van der Waals surface area contributed by atoms with Crippen molar-refractivity contribution in [2.75, 3.05) is 18.5 Å². The predicted octanol–water partition coefficient (Wildman–Crippen LogP) is 5.28. The lowest BCUT2D eigenvalue weighted by atomic mass is 10.2. The molecule has 0 fully saturated rings. The van der Waals surface area contributed by atoms with Gasteiger partial charge in [-0.05, 0) is 55.5 Å². The first-order chi connectivity index (χ1) is 11.8. The Labute approximate surface area is 142 Å². The Hall–Kier alpha value is -2.94. The van der Waals surface area contributed by atoms with Gasteiger partial charge in [-0.25, -0.2) is 0 Å². The molecule has 0 aliphatic carbocycles. The lowest BCUT2D eigenvalue weighted by Gasteiger charge is -2.10. The third-order valence-corrected chi connectivity index (χ3v) is 3.55. The van der Waals surface area contributed by atoms with Crippen molar-refractivity contribution in [3.63, 3.8) is 0 Å². The molecule has 122 valence electrons. The summed E-state index contributed by atoms with van der Waals surface area (Å²) in [6, 6.07) is 25.8. The molecule has 24 heavy (non-hydrogen) atoms. The van der Waals surface area contributed by atoms with Gasteiger partial charge in [-0.3, -0.25) is 0 Å². The summed E-state index contributed by atoms with van der Waals surface area (Å²) in [6.45, 7) is 3.43. The van der Waals surface area contributed by atoms with E-state index in [2.05, 4.69) is 12.2 Å². The quantitative estimate of drug-likeness (QED) is 0.601. The fourth-order valence-corrected chi connectivity index (χ4v) is 2.26. The lowest BCUT2D eigenvalue weighted by Crippen LogP contribution is -2.11. The Morgan fingerprint density at radius 3 is 2.04 bits per heavy atom. The number of hydrogen-bond acceptors (Lipinski definition) is 3. The van der Waals surface area contributed by atoms with Crippen molar-refractivity contribution >= 4 is 5.69 Å². The summed E-state index contributed by atoms with van der Waals surface area (Å²) in [7, 11) is 0. The van der Waals surface area contributed by atoms with Gasteiger partial charge in [0.1, 0.15) is 23.9 Å². The molecule has 0 unspecified atom stereocenters. The molecule has 0 heterocycles. The number of rotatable bonds is 7. The summed E-state index contributed by atoms with van der Waals surface area (Å²) < 4.78 is 11.5. The second kappa shape index (κ2) is 8.06. The van der Waals surface area contributed by atoms with Crippen LogP contribution in [0.4, 0.5) is 5.69 Å². The number of para-hydroxylation sites is 1. The zero-order valence-corrected chi connectivity index (χ0v) is 13.7. The van der Waals surface area contributed by atoms with Crippen LogP contribution in [-0.4, -0.2) is 13.2 Å². The Morgan fingerprint density at radius 1 is 0.708 bits per heavy atom. The second-order valence-corrected chi connectivity index (χ2v) is 5.53. The van der Waals surface area contributed by atoms with Crippen molar-refractivity contribution in [1.82, 2.24) is 0 Å². The van der Waals surface area contributed by atoms with E-state index in [1.807, 2.05) is 78.9 Å². The number of hydrogen-bond donors (Lipinski definition) is 1. The van der Waals surface area contributed by atoms with Crippen LogP contribution in [0.15, 0.2) is 78.9 Å². The van der Waals surface area contributed by atoms with E-state index in [-0.39, 0.29) is 0 Å². The van der Waals surface area contributed by atoms with Crippen LogP contribution in [-0.2, 0) is 0 Å². The standard InChI is InChI=1S/C21H21NO2/c1-17-7-11-19(12-8-17)23-16-15-22-18-9-13-21(14-10-18)24-20-5-3-2-4-6-20/h2-14,22H,15-16H2,1H3. The normalized spacial score (nSPS) is 10.2. The molecule has 1 N–H and O–H groups in total. The second-order valence-electron chi connectivity index (χ2n) is 5.53. The molecule has 3 rings (SSSR count). The summed E-state index contributed by atoms with van der Waals surface area (Å²) in [5, 5.41) is 3.34. The van der Waals surface area contributed by atoms with Crippen molar-refractivity contribution in [1.29, 1.82) is 0 Å². The van der Waals surface area contributed by atoms with Crippen molar-refractivity contribution in [3.8, 4) is 17.2 Å². The maximum absolute atomic E-state index is 5.77. The summed E-state index contributed by atoms with van der Waals surface area (Å²) in [5.41, 5.74) is 2.28. The van der Waals surface area contributed by atoms with E-state index < -0.39 is 0 Å². The average Bonchev–Trinajstić information content (AvgIpc) is 2.62. The minimum atomic E-state index is 0.616. The highest BCUT2D eigenvalue weighted by Crippen LogP contribution is 2.22. The molecule has 0 amide bonds. The van der Waals surface area contributed by atoms with Crippen LogP contribution in [0.5, 0.6) is 17.2 Å². The van der Waals surface area contributed by atoms with Gasteiger partial charge < -0.3 is 14.8 Å². The highest BCUT2D eigenvalue weighted by Gasteiger charge is 1.98. The molecule has 3 heteroatoms. The number of ether oxygens (including phenoxy) is 2. The van der Waals surface area contributed by atoms with Crippen LogP contribution < -0.4 is 14.8 Å². The fourth-order valence-electron chi connectivity index (χ4n) is 2.26. The van der Waals surface area contributed by atoms with Crippen LogP contribution in [0.1, 0.15) is 5.56 Å². The molecular weight excluding hydrogens is 298 g/mol. The van der Waals surface area contributed by atoms with E-state index in [1.165, 1.54) is 5.56 Å². The smallest absolute Gasteiger partial charge is 0.127 e. The van der Waals surface area contributed by atoms with Gasteiger partial charge in [0.05, 0.1) is 0 Å². The molecule has 0 radical (unpaired) electrons. The maximum Gasteiger partial charge on any atom is 0.127 e. The Morgan fingerprint density at radius 2 is 1.33 bits per heavy atom. The Bertz CT molecular complexity index is 737. The van der Waals surface area contributed by atoms with Crippen LogP contribution in [0.2, 0.25) is 0 Å². The zero-order valence-electron chi connectivity index (χ0n) is 13.7. The van der Waals surface area contributed by atoms with E-state index in [4.69, 9.17) is 9.47 Å². The predicted molar refractivity (Wildman–Crippen MR) is 98.1 cm³/mol. The summed E-state index contributed by atoms with van der Waals surface area (Å²) in [4.78, 5) is 0. The van der Waals surface area contributed by atoms with Gasteiger partial charge in [-0.2, -0.15) is 0 Å². The monoisotopic (exact) mass is 319 g/mol. The van der Waals surface area contributed by atoms with Crippen LogP contribution >= 0.6 is 0 Å². The number of aryl methyl sites for hydroxylation is 1. The highest BCUT2D eigenvalue weighted by molar-refractivity contribution is 5.47. The van der Waals surface area contributed by atoms with Crippen molar-refractivity contribution in [2.24, 2.45) is 0 Å². The van der Waals surface area contributed by atoms with E-state index in [0.717, 1.165) is 29.5 Å². The van der Waals surface area contributed by atoms with Crippen LogP contribution in [0.3, 0.4) is 0 Å². The molecular formula is C21H21NO2. The third kappa shape index (κ3) is 4.78. The maximum atomic E-state index is 5.77. The molecule has 0 atom stereocenters. The molecule has 3 aromatic carbocycles. The summed E-state index contributed by atoms with van der Waals surface area (Å²) in [5.74, 6) is 2.56. The zero-order chi connectivity index (χ0) is 16.6. The molecule has 3 aromatic rings. The average molecular weight is 319 g/mol. The molecule has 0 saturated heterocycles. The first-order valence-electron chi connectivity index (χ1n) is 8.06. The molecule has 0 bridgehead atoms. The van der Waals surface area contributed by atoms with Gasteiger partial charge in [0.15, 0.2) is 0 Å². The molecule has 0 aromatic heterocycles. The number of anilines is 1. The molecule has 0 saturated carbocycles. The Kier molecular flexibility index (Phi) is 5.36. The molecule has 0 spiro atoms. The van der Waals surface area contributed by atoms with Crippen molar-refractivity contribution in [3.05, 3.63) is 84.4 Å². The highest BCUT2D eigenvalue weighted by atomic mass is 16.5. The van der Waals surface area contributed by atoms with Gasteiger partial charge in [0.2, 0.25) is 0 Å². The van der Waals surface area contributed by atoms with Gasteiger partial charge in [-0.15, -0.1) is 0 Å². The summed E-state index contributed by atoms with van der Waals surface area (Å²) >= 11 is 0. The molecule has 3 nitrogen and oxygen atoms in total. The van der Waals surface area contributed by atoms with Gasteiger partial charge in [0.25, 0.3) is 0 Å². The van der Waals surface area contributed by atoms with E-state index in [9.17, 15) is 0 Å². The number of nitrogens with one attached hydrogen (secondary N) is 1. The van der Waals surface area contributed by atoms with E-state index in [0.29, 0.717) is 6.61 Å². The van der Waals surface area contributed by atoms with Gasteiger partial charge in [-0.1, -0.05) is 35.9 Å². The largest absolute Gasteiger partial charge is 0.492 e. The first kappa shape index (κ1) is 15.9. The van der Waals surface area contributed by atoms with E-state index in [1.54, 1.807) is 0 Å². The fraction of sp³-hybridized carbons (Fsp3) is 0.143. The third-order valence-electron chi connectivity index (χ3n) is 3.55. The van der Waals surface area contributed by atoms with Crippen LogP contribution in [0.25, 0.3) is 0 Å². The van der Waals surface area contributed by atoms with Gasteiger partial charge >= 0.3 is 0 Å². The van der Waals surface area contributed by atoms with E-state index >= 15 is 0 Å². The SMILES string of the molecule is Cc1ccc(OCCNc2ccc(Oc3ccccc3)cc2)cc1. The number of benzene rings is 3. The minimum absolute atomic E-state index is 0.616.